The van der Waals surface area contributed by atoms with Crippen LogP contribution in [0, 0.1) is 23.0 Å². The Bertz CT molecular complexity index is 629. The molecule has 2 rings (SSSR count). The van der Waals surface area contributed by atoms with Crippen molar-refractivity contribution in [1.29, 1.82) is 5.26 Å². The van der Waals surface area contributed by atoms with Gasteiger partial charge in [-0.05, 0) is 25.0 Å². The standard InChI is InChI=1S/C13H13F2NO2S/c14-10-4-5-12(11(15)8-10)19(17,18)13(9-16)6-2-1-3-7-13/h4-5,8H,1-3,6-7H2. The van der Waals surface area contributed by atoms with Crippen molar-refractivity contribution in [3.8, 4) is 6.07 Å². The summed E-state index contributed by atoms with van der Waals surface area (Å²) in [4.78, 5) is -0.586. The summed E-state index contributed by atoms with van der Waals surface area (Å²) in [5, 5.41) is 9.26. The van der Waals surface area contributed by atoms with Crippen molar-refractivity contribution in [2.45, 2.75) is 41.7 Å². The summed E-state index contributed by atoms with van der Waals surface area (Å²) >= 11 is 0. The molecule has 1 aliphatic carbocycles. The van der Waals surface area contributed by atoms with Crippen molar-refractivity contribution >= 4 is 9.84 Å². The van der Waals surface area contributed by atoms with Gasteiger partial charge in [0.05, 0.1) is 6.07 Å². The first kappa shape index (κ1) is 13.9. The van der Waals surface area contributed by atoms with E-state index >= 15 is 0 Å². The summed E-state index contributed by atoms with van der Waals surface area (Å²) in [6.07, 6.45) is 2.50. The minimum atomic E-state index is -4.12. The van der Waals surface area contributed by atoms with E-state index in [0.29, 0.717) is 18.9 Å². The van der Waals surface area contributed by atoms with Crippen LogP contribution in [0.5, 0.6) is 0 Å². The van der Waals surface area contributed by atoms with Crippen molar-refractivity contribution in [3.05, 3.63) is 29.8 Å². The molecule has 102 valence electrons. The van der Waals surface area contributed by atoms with Crippen LogP contribution in [-0.4, -0.2) is 13.2 Å². The van der Waals surface area contributed by atoms with E-state index in [2.05, 4.69) is 0 Å². The van der Waals surface area contributed by atoms with E-state index in [4.69, 9.17) is 0 Å². The normalized spacial score (nSPS) is 18.8. The van der Waals surface area contributed by atoms with Crippen LogP contribution >= 0.6 is 0 Å². The third-order valence-electron chi connectivity index (χ3n) is 3.56. The average molecular weight is 285 g/mol. The molecule has 0 spiro atoms. The number of hydrogen-bond donors (Lipinski definition) is 0. The lowest BCUT2D eigenvalue weighted by molar-refractivity contribution is 0.427. The lowest BCUT2D eigenvalue weighted by Gasteiger charge is -2.30. The number of hydrogen-bond acceptors (Lipinski definition) is 3. The Labute approximate surface area is 110 Å². The van der Waals surface area contributed by atoms with Gasteiger partial charge in [0, 0.05) is 6.07 Å². The molecule has 0 saturated heterocycles. The quantitative estimate of drug-likeness (QED) is 0.785. The molecule has 0 heterocycles. The molecule has 0 amide bonds. The molecule has 0 radical (unpaired) electrons. The van der Waals surface area contributed by atoms with Gasteiger partial charge in [0.25, 0.3) is 0 Å². The maximum atomic E-state index is 13.7. The Balaban J connectivity index is 2.55. The first-order valence-corrected chi connectivity index (χ1v) is 7.52. The molecular weight excluding hydrogens is 272 g/mol. The molecule has 0 bridgehead atoms. The molecule has 0 aliphatic heterocycles. The molecule has 0 unspecified atom stereocenters. The van der Waals surface area contributed by atoms with Crippen LogP contribution in [0.25, 0.3) is 0 Å². The molecular formula is C13H13F2NO2S. The summed E-state index contributed by atoms with van der Waals surface area (Å²) in [6.45, 7) is 0. The number of benzene rings is 1. The van der Waals surface area contributed by atoms with E-state index in [9.17, 15) is 22.5 Å². The lowest BCUT2D eigenvalue weighted by atomic mass is 9.89. The third-order valence-corrected chi connectivity index (χ3v) is 6.00. The van der Waals surface area contributed by atoms with Gasteiger partial charge in [-0.3, -0.25) is 0 Å². The molecule has 1 aromatic carbocycles. The van der Waals surface area contributed by atoms with Crippen molar-refractivity contribution in [2.75, 3.05) is 0 Å². The highest BCUT2D eigenvalue weighted by atomic mass is 32.2. The Morgan fingerprint density at radius 3 is 2.32 bits per heavy atom. The van der Waals surface area contributed by atoms with Crippen LogP contribution in [-0.2, 0) is 9.84 Å². The molecule has 6 heteroatoms. The number of rotatable bonds is 2. The van der Waals surface area contributed by atoms with E-state index in [1.54, 1.807) is 0 Å². The Hall–Kier alpha value is -1.48. The molecule has 1 aliphatic rings. The van der Waals surface area contributed by atoms with Gasteiger partial charge in [0.2, 0.25) is 0 Å². The van der Waals surface area contributed by atoms with Gasteiger partial charge in [-0.25, -0.2) is 17.2 Å². The fourth-order valence-electron chi connectivity index (χ4n) is 2.47. The monoisotopic (exact) mass is 285 g/mol. The van der Waals surface area contributed by atoms with Crippen molar-refractivity contribution in [2.24, 2.45) is 0 Å². The molecule has 19 heavy (non-hydrogen) atoms. The SMILES string of the molecule is N#CC1(S(=O)(=O)c2ccc(F)cc2F)CCCCC1. The van der Waals surface area contributed by atoms with Gasteiger partial charge in [-0.2, -0.15) is 5.26 Å². The lowest BCUT2D eigenvalue weighted by Crippen LogP contribution is -2.39. The topological polar surface area (TPSA) is 57.9 Å². The first-order valence-electron chi connectivity index (χ1n) is 6.04. The van der Waals surface area contributed by atoms with Crippen LogP contribution in [0.15, 0.2) is 23.1 Å². The Morgan fingerprint density at radius 2 is 1.79 bits per heavy atom. The smallest absolute Gasteiger partial charge is 0.200 e. The number of nitriles is 1. The van der Waals surface area contributed by atoms with Gasteiger partial charge >= 0.3 is 0 Å². The Morgan fingerprint density at radius 1 is 1.16 bits per heavy atom. The first-order chi connectivity index (χ1) is 8.93. The van der Waals surface area contributed by atoms with Crippen LogP contribution < -0.4 is 0 Å². The highest BCUT2D eigenvalue weighted by molar-refractivity contribution is 7.93. The van der Waals surface area contributed by atoms with E-state index in [1.807, 2.05) is 6.07 Å². The van der Waals surface area contributed by atoms with Gasteiger partial charge in [-0.1, -0.05) is 19.3 Å². The summed E-state index contributed by atoms with van der Waals surface area (Å²) in [7, 11) is -4.12. The molecule has 0 N–H and O–H groups in total. The van der Waals surface area contributed by atoms with E-state index < -0.39 is 31.1 Å². The summed E-state index contributed by atoms with van der Waals surface area (Å²) in [5.74, 6) is -1.98. The zero-order valence-electron chi connectivity index (χ0n) is 10.2. The second-order valence-electron chi connectivity index (χ2n) is 4.74. The Kier molecular flexibility index (Phi) is 3.59. The third kappa shape index (κ3) is 2.23. The highest BCUT2D eigenvalue weighted by Crippen LogP contribution is 2.39. The zero-order chi connectivity index (χ0) is 14.1. The molecule has 1 fully saturated rings. The fourth-order valence-corrected chi connectivity index (χ4v) is 4.40. The summed E-state index contributed by atoms with van der Waals surface area (Å²) in [5.41, 5.74) is 0. The maximum absolute atomic E-state index is 13.7. The fraction of sp³-hybridized carbons (Fsp3) is 0.462. The molecule has 0 atom stereocenters. The number of sulfone groups is 1. The molecule has 3 nitrogen and oxygen atoms in total. The second-order valence-corrected chi connectivity index (χ2v) is 6.97. The van der Waals surface area contributed by atoms with Crippen LogP contribution in [0.3, 0.4) is 0 Å². The van der Waals surface area contributed by atoms with Gasteiger partial charge in [-0.15, -0.1) is 0 Å². The predicted molar refractivity (Wildman–Crippen MR) is 65.0 cm³/mol. The van der Waals surface area contributed by atoms with Crippen LogP contribution in [0.1, 0.15) is 32.1 Å². The molecule has 0 aromatic heterocycles. The van der Waals surface area contributed by atoms with E-state index in [0.717, 1.165) is 18.6 Å². The number of halogens is 2. The summed E-state index contributed by atoms with van der Waals surface area (Å²) in [6, 6.07) is 4.17. The van der Waals surface area contributed by atoms with Crippen molar-refractivity contribution in [1.82, 2.24) is 0 Å². The average Bonchev–Trinajstić information content (AvgIpc) is 2.39. The van der Waals surface area contributed by atoms with Gasteiger partial charge < -0.3 is 0 Å². The summed E-state index contributed by atoms with van der Waals surface area (Å²) < 4.78 is 49.9. The van der Waals surface area contributed by atoms with Crippen molar-refractivity contribution in [3.63, 3.8) is 0 Å². The molecule has 1 aromatic rings. The zero-order valence-corrected chi connectivity index (χ0v) is 11.0. The van der Waals surface area contributed by atoms with E-state index in [-0.39, 0.29) is 12.8 Å². The predicted octanol–water partition coefficient (Wildman–Crippen LogP) is 2.96. The number of nitrogens with zero attached hydrogens (tertiary/aromatic N) is 1. The van der Waals surface area contributed by atoms with Gasteiger partial charge in [0.1, 0.15) is 16.5 Å². The minimum Gasteiger partial charge on any atom is -0.222 e. The largest absolute Gasteiger partial charge is 0.222 e. The highest BCUT2D eigenvalue weighted by Gasteiger charge is 2.47. The van der Waals surface area contributed by atoms with E-state index in [1.165, 1.54) is 0 Å². The second kappa shape index (κ2) is 4.89. The van der Waals surface area contributed by atoms with Crippen LogP contribution in [0.2, 0.25) is 0 Å². The molecule has 1 saturated carbocycles. The maximum Gasteiger partial charge on any atom is 0.200 e. The van der Waals surface area contributed by atoms with Gasteiger partial charge in [0.15, 0.2) is 14.6 Å². The van der Waals surface area contributed by atoms with Crippen molar-refractivity contribution < 1.29 is 17.2 Å². The van der Waals surface area contributed by atoms with Crippen LogP contribution in [0.4, 0.5) is 8.78 Å². The minimum absolute atomic E-state index is 0.197.